The van der Waals surface area contributed by atoms with E-state index in [9.17, 15) is 19.2 Å². The van der Waals surface area contributed by atoms with E-state index in [-0.39, 0.29) is 40.2 Å². The molecule has 0 unspecified atom stereocenters. The van der Waals surface area contributed by atoms with Crippen molar-refractivity contribution in [1.29, 1.82) is 0 Å². The smallest absolute Gasteiger partial charge is 0.338 e. The van der Waals surface area contributed by atoms with Crippen LogP contribution in [0.3, 0.4) is 0 Å². The Balaban J connectivity index is 1.20. The number of nitrogens with zero attached hydrogens (tertiary/aromatic N) is 1. The molecule has 2 aliphatic rings. The van der Waals surface area contributed by atoms with E-state index in [0.717, 1.165) is 6.42 Å². The van der Waals surface area contributed by atoms with Crippen LogP contribution in [0.25, 0.3) is 0 Å². The summed E-state index contributed by atoms with van der Waals surface area (Å²) in [6, 6.07) is 20.7. The Morgan fingerprint density at radius 1 is 0.895 bits per heavy atom. The highest BCUT2D eigenvalue weighted by Gasteiger charge is 2.50. The maximum absolute atomic E-state index is 13.3. The third-order valence-corrected chi connectivity index (χ3v) is 7.65. The number of fused-ring (bicyclic) bond motifs is 1. The lowest BCUT2D eigenvalue weighted by Gasteiger charge is -2.28. The molecule has 3 atom stereocenters. The summed E-state index contributed by atoms with van der Waals surface area (Å²) in [4.78, 5) is 52.3. The van der Waals surface area contributed by atoms with E-state index in [0.29, 0.717) is 29.2 Å². The minimum Gasteiger partial charge on any atom is -0.452 e. The second-order valence-electron chi connectivity index (χ2n) is 9.44. The second kappa shape index (κ2) is 11.0. The van der Waals surface area contributed by atoms with Crippen LogP contribution in [0, 0.1) is 11.8 Å². The highest BCUT2D eigenvalue weighted by atomic mass is 35.5. The molecular weight excluding hydrogens is 527 g/mol. The van der Waals surface area contributed by atoms with Gasteiger partial charge in [0, 0.05) is 5.02 Å². The standard InChI is InChI=1S/C29H24Cl2N2O5/c30-20-9-13-25(24(31)15-20)32-26(34)16-38-29(37)18-6-10-21(11-7-18)33-27(35)22-12-8-19(14-23(22)28(33)36)17-4-2-1-3-5-17/h1-7,9-11,13,15,19,22-23H,8,12,14,16H2,(H,32,34)/t19-,22+,23-/m0/s1. The van der Waals surface area contributed by atoms with Gasteiger partial charge in [0.2, 0.25) is 11.8 Å². The fraction of sp³-hybridized carbons (Fsp3) is 0.241. The fourth-order valence-corrected chi connectivity index (χ4v) is 5.66. The fourth-order valence-electron chi connectivity index (χ4n) is 5.20. The van der Waals surface area contributed by atoms with Crippen molar-refractivity contribution < 1.29 is 23.9 Å². The van der Waals surface area contributed by atoms with E-state index < -0.39 is 18.5 Å². The second-order valence-corrected chi connectivity index (χ2v) is 10.3. The molecule has 5 rings (SSSR count). The van der Waals surface area contributed by atoms with Crippen molar-refractivity contribution in [2.45, 2.75) is 25.2 Å². The molecule has 1 heterocycles. The molecule has 1 saturated heterocycles. The maximum Gasteiger partial charge on any atom is 0.338 e. The summed E-state index contributed by atoms with van der Waals surface area (Å²) >= 11 is 11.9. The predicted molar refractivity (Wildman–Crippen MR) is 144 cm³/mol. The molecule has 1 aliphatic carbocycles. The molecule has 38 heavy (non-hydrogen) atoms. The zero-order valence-electron chi connectivity index (χ0n) is 20.2. The first-order chi connectivity index (χ1) is 18.3. The van der Waals surface area contributed by atoms with Crippen LogP contribution in [0.4, 0.5) is 11.4 Å². The van der Waals surface area contributed by atoms with Crippen LogP contribution < -0.4 is 10.2 Å². The number of halogens is 2. The lowest BCUT2D eigenvalue weighted by Crippen LogP contribution is -2.30. The molecule has 0 spiro atoms. The molecule has 1 N–H and O–H groups in total. The number of esters is 1. The molecule has 2 fully saturated rings. The molecule has 1 aliphatic heterocycles. The normalized spacial score (nSPS) is 20.7. The Morgan fingerprint density at radius 3 is 2.32 bits per heavy atom. The van der Waals surface area contributed by atoms with Crippen LogP contribution in [-0.4, -0.2) is 30.3 Å². The number of hydrogen-bond donors (Lipinski definition) is 1. The number of imide groups is 1. The van der Waals surface area contributed by atoms with Crippen LogP contribution in [0.5, 0.6) is 0 Å². The van der Waals surface area contributed by atoms with Gasteiger partial charge in [0.1, 0.15) is 0 Å². The Labute approximate surface area is 229 Å². The van der Waals surface area contributed by atoms with Crippen molar-refractivity contribution in [1.82, 2.24) is 0 Å². The third-order valence-electron chi connectivity index (χ3n) is 7.10. The van der Waals surface area contributed by atoms with E-state index in [2.05, 4.69) is 17.4 Å². The Bertz CT molecular complexity index is 1390. The predicted octanol–water partition coefficient (Wildman–Crippen LogP) is 5.86. The zero-order valence-corrected chi connectivity index (χ0v) is 21.7. The molecule has 3 aromatic carbocycles. The van der Waals surface area contributed by atoms with Gasteiger partial charge in [-0.25, -0.2) is 4.79 Å². The van der Waals surface area contributed by atoms with E-state index >= 15 is 0 Å². The molecule has 0 radical (unpaired) electrons. The third kappa shape index (κ3) is 5.30. The lowest BCUT2D eigenvalue weighted by atomic mass is 9.73. The van der Waals surface area contributed by atoms with Crippen LogP contribution in [0.2, 0.25) is 10.0 Å². The molecule has 3 aromatic rings. The number of hydrogen-bond acceptors (Lipinski definition) is 5. The average Bonchev–Trinajstić information content (AvgIpc) is 3.18. The number of anilines is 2. The highest BCUT2D eigenvalue weighted by molar-refractivity contribution is 6.36. The maximum atomic E-state index is 13.3. The molecule has 1 saturated carbocycles. The number of rotatable bonds is 6. The molecule has 3 amide bonds. The monoisotopic (exact) mass is 550 g/mol. The summed E-state index contributed by atoms with van der Waals surface area (Å²) in [7, 11) is 0. The van der Waals surface area contributed by atoms with Crippen molar-refractivity contribution in [3.8, 4) is 0 Å². The number of carbonyl (C=O) groups is 4. The van der Waals surface area contributed by atoms with Crippen molar-refractivity contribution in [3.05, 3.63) is 94.0 Å². The van der Waals surface area contributed by atoms with E-state index in [1.54, 1.807) is 24.3 Å². The number of amides is 3. The van der Waals surface area contributed by atoms with Crippen LogP contribution >= 0.6 is 23.2 Å². The molecule has 0 bridgehead atoms. The minimum absolute atomic E-state index is 0.187. The van der Waals surface area contributed by atoms with Gasteiger partial charge in [0.15, 0.2) is 6.61 Å². The van der Waals surface area contributed by atoms with Gasteiger partial charge >= 0.3 is 5.97 Å². The summed E-state index contributed by atoms with van der Waals surface area (Å²) in [5.41, 5.74) is 2.14. The van der Waals surface area contributed by atoms with E-state index in [1.807, 2.05) is 18.2 Å². The van der Waals surface area contributed by atoms with Crippen molar-refractivity contribution in [2.24, 2.45) is 11.8 Å². The van der Waals surface area contributed by atoms with Gasteiger partial charge in [-0.3, -0.25) is 19.3 Å². The number of carbonyl (C=O) groups excluding carboxylic acids is 4. The van der Waals surface area contributed by atoms with Crippen molar-refractivity contribution in [2.75, 3.05) is 16.8 Å². The minimum atomic E-state index is -0.715. The van der Waals surface area contributed by atoms with Crippen LogP contribution in [0.15, 0.2) is 72.8 Å². The largest absolute Gasteiger partial charge is 0.452 e. The van der Waals surface area contributed by atoms with Gasteiger partial charge in [-0.15, -0.1) is 0 Å². The van der Waals surface area contributed by atoms with Crippen molar-refractivity contribution >= 4 is 58.3 Å². The summed E-state index contributed by atoms with van der Waals surface area (Å²) in [5, 5.41) is 3.23. The lowest BCUT2D eigenvalue weighted by molar-refractivity contribution is -0.122. The SMILES string of the molecule is O=C(COC(=O)c1ccc(N2C(=O)[C@H]3C[C@@H](c4ccccc4)CC[C@H]3C2=O)cc1)Nc1ccc(Cl)cc1Cl. The van der Waals surface area contributed by atoms with Gasteiger partial charge in [0.25, 0.3) is 5.91 Å². The average molecular weight is 551 g/mol. The highest BCUT2D eigenvalue weighted by Crippen LogP contribution is 2.45. The Morgan fingerprint density at radius 2 is 1.61 bits per heavy atom. The first-order valence-electron chi connectivity index (χ1n) is 12.3. The Hall–Kier alpha value is -3.68. The van der Waals surface area contributed by atoms with Gasteiger partial charge < -0.3 is 10.1 Å². The van der Waals surface area contributed by atoms with Gasteiger partial charge in [-0.1, -0.05) is 53.5 Å². The molecule has 9 heteroatoms. The zero-order chi connectivity index (χ0) is 26.8. The van der Waals surface area contributed by atoms with Crippen LogP contribution in [0.1, 0.15) is 41.1 Å². The summed E-state index contributed by atoms with van der Waals surface area (Å²) in [6.45, 7) is -0.519. The molecular formula is C29H24Cl2N2O5. The molecule has 0 aromatic heterocycles. The van der Waals surface area contributed by atoms with E-state index in [4.69, 9.17) is 27.9 Å². The molecule has 194 valence electrons. The van der Waals surface area contributed by atoms with Crippen LogP contribution in [-0.2, 0) is 19.1 Å². The summed E-state index contributed by atoms with van der Waals surface area (Å²) in [5.74, 6) is -2.10. The first kappa shape index (κ1) is 25.9. The van der Waals surface area contributed by atoms with Gasteiger partial charge in [-0.2, -0.15) is 0 Å². The summed E-state index contributed by atoms with van der Waals surface area (Å²) in [6.07, 6.45) is 2.17. The first-order valence-corrected chi connectivity index (χ1v) is 13.0. The molecule has 7 nitrogen and oxygen atoms in total. The number of benzene rings is 3. The number of ether oxygens (including phenoxy) is 1. The Kier molecular flexibility index (Phi) is 7.49. The quantitative estimate of drug-likeness (QED) is 0.306. The van der Waals surface area contributed by atoms with Gasteiger partial charge in [-0.05, 0) is 73.2 Å². The number of nitrogens with one attached hydrogen (secondary N) is 1. The summed E-state index contributed by atoms with van der Waals surface area (Å²) < 4.78 is 5.10. The van der Waals surface area contributed by atoms with Crippen molar-refractivity contribution in [3.63, 3.8) is 0 Å². The topological polar surface area (TPSA) is 92.8 Å². The van der Waals surface area contributed by atoms with E-state index in [1.165, 1.54) is 28.7 Å². The van der Waals surface area contributed by atoms with Gasteiger partial charge in [0.05, 0.1) is 33.8 Å².